The summed E-state index contributed by atoms with van der Waals surface area (Å²) in [5.41, 5.74) is -0.193. The minimum absolute atomic E-state index is 0.0211. The Morgan fingerprint density at radius 3 is 2.51 bits per heavy atom. The number of carbonyl (C=O) groups excluding carboxylic acids is 3. The van der Waals surface area contributed by atoms with E-state index in [-0.39, 0.29) is 64.3 Å². The largest absolute Gasteiger partial charge is 0.483 e. The zero-order chi connectivity index (χ0) is 34.6. The average Bonchev–Trinajstić information content (AvgIpc) is 3.79. The third kappa shape index (κ3) is 6.15. The molecule has 2 saturated carbocycles. The number of halogens is 3. The van der Waals surface area contributed by atoms with E-state index in [1.165, 1.54) is 17.0 Å². The average molecular weight is 716 g/mol. The van der Waals surface area contributed by atoms with Crippen LogP contribution in [-0.2, 0) is 25.4 Å². The van der Waals surface area contributed by atoms with Crippen LogP contribution in [0.1, 0.15) is 54.0 Å². The molecule has 2 aliphatic carbocycles. The van der Waals surface area contributed by atoms with Crippen LogP contribution in [0.4, 0.5) is 18.9 Å². The number of nitrogens with zero attached hydrogens (tertiary/aromatic N) is 1. The smallest absolute Gasteiger partial charge is 0.416 e. The summed E-state index contributed by atoms with van der Waals surface area (Å²) >= 11 is 2.64. The van der Waals surface area contributed by atoms with Crippen molar-refractivity contribution in [3.05, 3.63) is 74.2 Å². The van der Waals surface area contributed by atoms with Gasteiger partial charge >= 0.3 is 17.0 Å². The normalized spacial score (nSPS) is 26.8. The van der Waals surface area contributed by atoms with Gasteiger partial charge in [0.05, 0.1) is 22.4 Å². The molecule has 7 atom stereocenters. The van der Waals surface area contributed by atoms with Crippen LogP contribution in [0, 0.1) is 29.6 Å². The Labute approximate surface area is 286 Å². The van der Waals surface area contributed by atoms with E-state index in [9.17, 15) is 37.1 Å². The molecule has 4 aliphatic rings. The Hall–Kier alpha value is -4.11. The van der Waals surface area contributed by atoms with E-state index in [0.717, 1.165) is 38.9 Å². The van der Waals surface area contributed by atoms with Crippen molar-refractivity contribution in [2.45, 2.75) is 54.5 Å². The van der Waals surface area contributed by atoms with Gasteiger partial charge in [-0.2, -0.15) is 13.2 Å². The lowest BCUT2D eigenvalue weighted by atomic mass is 9.68. The number of amides is 3. The van der Waals surface area contributed by atoms with Gasteiger partial charge in [0.2, 0.25) is 11.8 Å². The van der Waals surface area contributed by atoms with Gasteiger partial charge in [-0.3, -0.25) is 28.9 Å². The molecule has 49 heavy (non-hydrogen) atoms. The van der Waals surface area contributed by atoms with E-state index in [1.54, 1.807) is 23.9 Å². The first kappa shape index (κ1) is 33.4. The van der Waals surface area contributed by atoms with Gasteiger partial charge in [0.1, 0.15) is 5.75 Å². The Bertz CT molecular complexity index is 1880. The van der Waals surface area contributed by atoms with Crippen LogP contribution >= 0.6 is 23.1 Å². The van der Waals surface area contributed by atoms with E-state index in [2.05, 4.69) is 10.3 Å². The molecule has 2 bridgehead atoms. The highest BCUT2D eigenvalue weighted by atomic mass is 32.2. The molecule has 7 rings (SSSR count). The molecule has 10 nitrogen and oxygen atoms in total. The van der Waals surface area contributed by atoms with Crippen molar-refractivity contribution in [3.63, 3.8) is 0 Å². The molecule has 0 radical (unpaired) electrons. The number of unbranched alkanes of at least 4 members (excludes halogenated alkanes) is 2. The topological polar surface area (TPSA) is 146 Å². The van der Waals surface area contributed by atoms with Gasteiger partial charge in [0.15, 0.2) is 6.61 Å². The number of ether oxygens (including phenoxy) is 1. The predicted octanol–water partition coefficient (Wildman–Crippen LogP) is 5.59. The van der Waals surface area contributed by atoms with Crippen LogP contribution in [0.2, 0.25) is 0 Å². The highest BCUT2D eigenvalue weighted by Gasteiger charge is 2.69. The molecule has 3 N–H and O–H groups in total. The number of para-hydroxylation sites is 1. The molecule has 3 aromatic rings. The maximum atomic E-state index is 13.8. The number of fused-ring (bicyclic) bond motifs is 9. The minimum Gasteiger partial charge on any atom is -0.483 e. The molecular weight excluding hydrogens is 684 g/mol. The third-order valence-electron chi connectivity index (χ3n) is 10.2. The highest BCUT2D eigenvalue weighted by Crippen LogP contribution is 2.69. The van der Waals surface area contributed by atoms with Gasteiger partial charge < -0.3 is 20.1 Å². The van der Waals surface area contributed by atoms with Crippen molar-refractivity contribution < 1.29 is 42.2 Å². The molecule has 1 aromatic heterocycles. The summed E-state index contributed by atoms with van der Waals surface area (Å²) in [7, 11) is 0. The maximum absolute atomic E-state index is 13.8. The zero-order valence-electron chi connectivity index (χ0n) is 25.9. The third-order valence-corrected chi connectivity index (χ3v) is 12.8. The number of carboxylic acids is 1. The summed E-state index contributed by atoms with van der Waals surface area (Å²) in [5.74, 6) is -3.12. The van der Waals surface area contributed by atoms with Crippen LogP contribution in [0.5, 0.6) is 5.75 Å². The SMILES string of the molecule is O=C(O)CCCCCN1C(=O)C2C3CC(C2C1=O)C1C3Sc2[nH]c(=O)sc2[C@@H]1c1ccccc1OCC(=O)Nc1cccc(C(F)(F)F)c1. The second kappa shape index (κ2) is 13.0. The lowest BCUT2D eigenvalue weighted by Crippen LogP contribution is -2.42. The molecule has 258 valence electrons. The van der Waals surface area contributed by atoms with E-state index >= 15 is 0 Å². The van der Waals surface area contributed by atoms with Gasteiger partial charge in [0.25, 0.3) is 5.91 Å². The number of hydrogen-bond donors (Lipinski definition) is 3. The van der Waals surface area contributed by atoms with Crippen LogP contribution in [-0.4, -0.2) is 57.1 Å². The number of aliphatic carboxylic acids is 1. The maximum Gasteiger partial charge on any atom is 0.416 e. The lowest BCUT2D eigenvalue weighted by molar-refractivity contribution is -0.141. The van der Waals surface area contributed by atoms with Crippen molar-refractivity contribution in [2.24, 2.45) is 29.6 Å². The molecule has 0 spiro atoms. The number of hydrogen-bond acceptors (Lipinski definition) is 8. The predicted molar refractivity (Wildman–Crippen MR) is 173 cm³/mol. The number of thiazole rings is 1. The Morgan fingerprint density at radius 1 is 1.00 bits per heavy atom. The molecular formula is C34H32F3N3O7S2. The molecule has 6 unspecified atom stereocenters. The van der Waals surface area contributed by atoms with E-state index in [1.807, 2.05) is 12.1 Å². The first-order valence-corrected chi connectivity index (χ1v) is 17.8. The zero-order valence-corrected chi connectivity index (χ0v) is 27.5. The summed E-state index contributed by atoms with van der Waals surface area (Å²) in [5, 5.41) is 12.0. The van der Waals surface area contributed by atoms with Crippen molar-refractivity contribution in [1.82, 2.24) is 9.88 Å². The number of nitrogens with one attached hydrogen (secondary N) is 2. The second-order valence-corrected chi connectivity index (χ2v) is 15.1. The fourth-order valence-electron chi connectivity index (χ4n) is 8.35. The first-order chi connectivity index (χ1) is 23.4. The molecule has 3 fully saturated rings. The Morgan fingerprint density at radius 2 is 1.76 bits per heavy atom. The number of carboxylic acid groups (broad SMARTS) is 1. The van der Waals surface area contributed by atoms with E-state index in [0.29, 0.717) is 31.4 Å². The quantitative estimate of drug-likeness (QED) is 0.172. The number of H-pyrrole nitrogens is 1. The van der Waals surface area contributed by atoms with Gasteiger partial charge in [-0.1, -0.05) is 42.0 Å². The molecule has 15 heteroatoms. The summed E-state index contributed by atoms with van der Waals surface area (Å²) in [4.78, 5) is 68.7. The number of carbonyl (C=O) groups is 4. The minimum atomic E-state index is -4.56. The molecule has 2 aromatic carbocycles. The van der Waals surface area contributed by atoms with Crippen LogP contribution in [0.15, 0.2) is 58.4 Å². The summed E-state index contributed by atoms with van der Waals surface area (Å²) in [6.07, 6.45) is -2.23. The van der Waals surface area contributed by atoms with Crippen LogP contribution in [0.25, 0.3) is 0 Å². The van der Waals surface area contributed by atoms with E-state index < -0.39 is 42.1 Å². The molecule has 3 amide bonds. The number of thioether (sulfide) groups is 1. The second-order valence-electron chi connectivity index (χ2n) is 12.9. The number of likely N-dealkylation sites (tertiary alicyclic amines) is 1. The van der Waals surface area contributed by atoms with Crippen LogP contribution in [0.3, 0.4) is 0 Å². The molecule has 3 heterocycles. The van der Waals surface area contributed by atoms with E-state index in [4.69, 9.17) is 9.84 Å². The first-order valence-electron chi connectivity index (χ1n) is 16.1. The lowest BCUT2D eigenvalue weighted by Gasteiger charge is -2.43. The summed E-state index contributed by atoms with van der Waals surface area (Å²) in [6.45, 7) is -0.222. The fraction of sp³-hybridized carbons (Fsp3) is 0.441. The standard InChI is InChI=1S/C34H32F3N3O7S2/c35-34(36,37)16-7-6-8-17(13-16)38-22(41)15-47-21-10-4-3-9-18(21)24-25-19-14-20(28(25)48-30-29(24)49-33(46)39-30)27-26(19)31(44)40(32(27)45)12-5-1-2-11-23(42)43/h3-4,6-10,13,19-20,24-28H,1-2,5,11-12,14-15H2,(H,38,41)(H,39,46)(H,42,43)/t19?,20?,24-,25?,26?,27?,28?/m1/s1. The summed E-state index contributed by atoms with van der Waals surface area (Å²) < 4.78 is 45.5. The van der Waals surface area contributed by atoms with Crippen molar-refractivity contribution in [1.29, 1.82) is 0 Å². The van der Waals surface area contributed by atoms with Gasteiger partial charge in [-0.05, 0) is 61.3 Å². The van der Waals surface area contributed by atoms with Gasteiger partial charge in [-0.25, -0.2) is 0 Å². The summed E-state index contributed by atoms with van der Waals surface area (Å²) in [6, 6.07) is 11.4. The van der Waals surface area contributed by atoms with Crippen molar-refractivity contribution in [3.8, 4) is 5.75 Å². The number of aromatic amines is 1. The van der Waals surface area contributed by atoms with Gasteiger partial charge in [0, 0.05) is 40.3 Å². The number of alkyl halides is 3. The van der Waals surface area contributed by atoms with Gasteiger partial charge in [-0.15, -0.1) is 11.8 Å². The fourth-order valence-corrected chi connectivity index (χ4v) is 11.2. The number of anilines is 1. The van der Waals surface area contributed by atoms with Crippen LogP contribution < -0.4 is 14.9 Å². The monoisotopic (exact) mass is 715 g/mol. The number of imide groups is 1. The Kier molecular flexibility index (Phi) is 8.84. The van der Waals surface area contributed by atoms with Crippen molar-refractivity contribution >= 4 is 52.5 Å². The Balaban J connectivity index is 1.12. The molecule has 2 aliphatic heterocycles. The highest BCUT2D eigenvalue weighted by molar-refractivity contribution is 8.00. The number of rotatable bonds is 11. The number of benzene rings is 2. The molecule has 1 saturated heterocycles. The number of aromatic nitrogens is 1. The van der Waals surface area contributed by atoms with Crippen molar-refractivity contribution in [2.75, 3.05) is 18.5 Å².